The van der Waals surface area contributed by atoms with Crippen LogP contribution in [0.3, 0.4) is 0 Å². The fraction of sp³-hybridized carbons (Fsp3) is 0.412. The number of carbonyl (C=O) groups is 2. The van der Waals surface area contributed by atoms with Crippen LogP contribution in [0.5, 0.6) is 0 Å². The quantitative estimate of drug-likeness (QED) is 0.0400. The molecule has 0 aliphatic carbocycles. The molecule has 0 fully saturated rings. The summed E-state index contributed by atoms with van der Waals surface area (Å²) in [7, 11) is 0. The van der Waals surface area contributed by atoms with Gasteiger partial charge in [-0.1, -0.05) is 102 Å². The molecule has 0 aliphatic rings. The van der Waals surface area contributed by atoms with Crippen LogP contribution in [-0.4, -0.2) is 33.7 Å². The number of nitro groups is 1. The van der Waals surface area contributed by atoms with Crippen LogP contribution < -0.4 is 0 Å². The second-order valence-electron chi connectivity index (χ2n) is 10.0. The molecule has 2 aromatic rings. The van der Waals surface area contributed by atoms with Gasteiger partial charge in [0.15, 0.2) is 0 Å². The van der Waals surface area contributed by atoms with Crippen LogP contribution in [0.25, 0.3) is 11.8 Å². The molecule has 0 atom stereocenters. The zero-order valence-electron chi connectivity index (χ0n) is 24.8. The van der Waals surface area contributed by atoms with Gasteiger partial charge in [-0.25, -0.2) is 9.59 Å². The van der Waals surface area contributed by atoms with Crippen LogP contribution >= 0.6 is 0 Å². The molecule has 2 N–H and O–H groups in total. The lowest BCUT2D eigenvalue weighted by Gasteiger charge is -2.11. The Morgan fingerprint density at radius 2 is 1.29 bits per heavy atom. The first-order valence-electron chi connectivity index (χ1n) is 14.6. The van der Waals surface area contributed by atoms with Gasteiger partial charge in [0.2, 0.25) is 0 Å². The highest BCUT2D eigenvalue weighted by Gasteiger charge is 2.07. The summed E-state index contributed by atoms with van der Waals surface area (Å²) in [4.78, 5) is 31.0. The molecule has 228 valence electrons. The Kier molecular flexibility index (Phi) is 18.4. The molecule has 2 rings (SSSR count). The van der Waals surface area contributed by atoms with Gasteiger partial charge in [-0.05, 0) is 49.5 Å². The van der Waals surface area contributed by atoms with Crippen molar-refractivity contribution in [1.29, 1.82) is 0 Å². The van der Waals surface area contributed by atoms with Gasteiger partial charge in [0.05, 0.1) is 11.5 Å². The minimum atomic E-state index is -0.900. The molecule has 0 saturated carbocycles. The minimum absolute atomic E-state index is 0.0753. The van der Waals surface area contributed by atoms with Crippen molar-refractivity contribution in [2.45, 2.75) is 84.0 Å². The number of carboxylic acid groups (broad SMARTS) is 2. The number of unbranched alkanes of at least 4 members (excludes halogenated alkanes) is 9. The molecule has 0 amide bonds. The van der Waals surface area contributed by atoms with Gasteiger partial charge in [0.1, 0.15) is 5.76 Å². The SMILES string of the molecule is C=C(CC)C(=O)O.C=C(CCCCCCCCCCCCOC(=Cc1ccc([N+](=O)[O-])cc1)c1ccccc1)C(=O)O. The molecule has 0 spiro atoms. The topological polar surface area (TPSA) is 127 Å². The zero-order chi connectivity index (χ0) is 31.2. The summed E-state index contributed by atoms with van der Waals surface area (Å²) in [6.07, 6.45) is 14.4. The van der Waals surface area contributed by atoms with Crippen molar-refractivity contribution < 1.29 is 29.5 Å². The Labute approximate surface area is 249 Å². The van der Waals surface area contributed by atoms with Crippen molar-refractivity contribution in [2.24, 2.45) is 0 Å². The summed E-state index contributed by atoms with van der Waals surface area (Å²) in [5.74, 6) is -1.01. The Bertz CT molecular complexity index is 1150. The lowest BCUT2D eigenvalue weighted by molar-refractivity contribution is -0.384. The third kappa shape index (κ3) is 16.2. The first-order valence-corrected chi connectivity index (χ1v) is 14.6. The maximum atomic E-state index is 10.9. The van der Waals surface area contributed by atoms with Crippen LogP contribution in [0, 0.1) is 10.1 Å². The average Bonchev–Trinajstić information content (AvgIpc) is 2.99. The molecule has 0 aromatic heterocycles. The van der Waals surface area contributed by atoms with E-state index in [9.17, 15) is 19.7 Å². The van der Waals surface area contributed by atoms with E-state index in [2.05, 4.69) is 13.2 Å². The van der Waals surface area contributed by atoms with Crippen LogP contribution in [0.4, 0.5) is 5.69 Å². The van der Waals surface area contributed by atoms with Gasteiger partial charge >= 0.3 is 11.9 Å². The summed E-state index contributed by atoms with van der Waals surface area (Å²) < 4.78 is 6.11. The highest BCUT2D eigenvalue weighted by atomic mass is 16.6. The predicted octanol–water partition coefficient (Wildman–Crippen LogP) is 9.08. The van der Waals surface area contributed by atoms with Gasteiger partial charge in [-0.15, -0.1) is 0 Å². The number of ether oxygens (including phenoxy) is 1. The van der Waals surface area contributed by atoms with Gasteiger partial charge in [0.25, 0.3) is 5.69 Å². The Morgan fingerprint density at radius 1 is 0.786 bits per heavy atom. The first kappa shape index (κ1) is 35.8. The Hall–Kier alpha value is -4.20. The number of non-ortho nitro benzene ring substituents is 1. The smallest absolute Gasteiger partial charge is 0.330 e. The summed E-state index contributed by atoms with van der Waals surface area (Å²) in [6, 6.07) is 16.4. The summed E-state index contributed by atoms with van der Waals surface area (Å²) in [5, 5.41) is 27.8. The van der Waals surface area contributed by atoms with Crippen LogP contribution in [0.1, 0.15) is 95.1 Å². The third-order valence-corrected chi connectivity index (χ3v) is 6.62. The van der Waals surface area contributed by atoms with Gasteiger partial charge in [0, 0.05) is 28.8 Å². The number of nitro benzene ring substituents is 1. The number of aliphatic carboxylic acids is 2. The third-order valence-electron chi connectivity index (χ3n) is 6.62. The summed E-state index contributed by atoms with van der Waals surface area (Å²) in [6.45, 7) is 9.23. The monoisotopic (exact) mass is 579 g/mol. The second-order valence-corrected chi connectivity index (χ2v) is 10.0. The average molecular weight is 580 g/mol. The number of rotatable bonds is 20. The number of nitrogens with zero attached hydrogens (tertiary/aromatic N) is 1. The van der Waals surface area contributed by atoms with E-state index in [0.717, 1.165) is 49.0 Å². The van der Waals surface area contributed by atoms with E-state index in [0.29, 0.717) is 25.0 Å². The minimum Gasteiger partial charge on any atom is -0.493 e. The van der Waals surface area contributed by atoms with Crippen molar-refractivity contribution in [2.75, 3.05) is 6.61 Å². The van der Waals surface area contributed by atoms with Crippen molar-refractivity contribution in [3.63, 3.8) is 0 Å². The van der Waals surface area contributed by atoms with E-state index in [4.69, 9.17) is 14.9 Å². The fourth-order valence-corrected chi connectivity index (χ4v) is 3.95. The lowest BCUT2D eigenvalue weighted by Crippen LogP contribution is -1.98. The molecule has 0 unspecified atom stereocenters. The van der Waals surface area contributed by atoms with Crippen LogP contribution in [0.2, 0.25) is 0 Å². The lowest BCUT2D eigenvalue weighted by atomic mass is 10.0. The predicted molar refractivity (Wildman–Crippen MR) is 168 cm³/mol. The molecule has 0 heterocycles. The van der Waals surface area contributed by atoms with Gasteiger partial charge < -0.3 is 14.9 Å². The van der Waals surface area contributed by atoms with Crippen molar-refractivity contribution >= 4 is 29.5 Å². The van der Waals surface area contributed by atoms with E-state index in [1.807, 2.05) is 36.4 Å². The van der Waals surface area contributed by atoms with E-state index in [-0.39, 0.29) is 11.3 Å². The molecule has 0 radical (unpaired) electrons. The standard InChI is InChI=1S/C29H37NO5.C5H8O2/c1-24(29(31)32)15-11-8-6-4-2-3-5-7-9-14-22-35-28(26-16-12-10-13-17-26)23-25-18-20-27(21-19-25)30(33)34;1-3-4(2)5(6)7/h10,12-13,16-21,23H,1-9,11,14-15,22H2,(H,31,32);2-3H2,1H3,(H,6,7). The second kappa shape index (κ2) is 21.5. The number of benzene rings is 2. The molecule has 0 saturated heterocycles. The van der Waals surface area contributed by atoms with E-state index >= 15 is 0 Å². The van der Waals surface area contributed by atoms with Gasteiger partial charge in [-0.3, -0.25) is 10.1 Å². The van der Waals surface area contributed by atoms with E-state index < -0.39 is 16.9 Å². The van der Waals surface area contributed by atoms with Crippen LogP contribution in [-0.2, 0) is 14.3 Å². The molecule has 0 bridgehead atoms. The normalized spacial score (nSPS) is 10.7. The van der Waals surface area contributed by atoms with E-state index in [1.165, 1.54) is 44.2 Å². The molecule has 2 aromatic carbocycles. The fourth-order valence-electron chi connectivity index (χ4n) is 3.95. The number of hydrogen-bond donors (Lipinski definition) is 2. The first-order chi connectivity index (χ1) is 20.1. The summed E-state index contributed by atoms with van der Waals surface area (Å²) in [5.41, 5.74) is 2.50. The zero-order valence-corrected chi connectivity index (χ0v) is 24.8. The molecular formula is C34H45NO7. The largest absolute Gasteiger partial charge is 0.493 e. The van der Waals surface area contributed by atoms with Crippen molar-refractivity contribution in [3.8, 4) is 0 Å². The van der Waals surface area contributed by atoms with Gasteiger partial charge in [-0.2, -0.15) is 0 Å². The number of hydrogen-bond acceptors (Lipinski definition) is 5. The van der Waals surface area contributed by atoms with Crippen molar-refractivity contribution in [3.05, 3.63) is 100 Å². The number of carboxylic acids is 2. The highest BCUT2D eigenvalue weighted by Crippen LogP contribution is 2.22. The maximum Gasteiger partial charge on any atom is 0.330 e. The molecule has 42 heavy (non-hydrogen) atoms. The highest BCUT2D eigenvalue weighted by molar-refractivity contribution is 5.86. The van der Waals surface area contributed by atoms with E-state index in [1.54, 1.807) is 19.1 Å². The van der Waals surface area contributed by atoms with Crippen molar-refractivity contribution in [1.82, 2.24) is 0 Å². The molecular weight excluding hydrogens is 534 g/mol. The Morgan fingerprint density at radius 3 is 1.74 bits per heavy atom. The molecule has 0 aliphatic heterocycles. The maximum absolute atomic E-state index is 10.9. The van der Waals surface area contributed by atoms with Crippen LogP contribution in [0.15, 0.2) is 78.9 Å². The molecule has 8 nitrogen and oxygen atoms in total. The summed E-state index contributed by atoms with van der Waals surface area (Å²) >= 11 is 0. The molecule has 8 heteroatoms. The Balaban J connectivity index is 0.00000112.